The van der Waals surface area contributed by atoms with E-state index in [9.17, 15) is 9.90 Å². The first-order chi connectivity index (χ1) is 11.5. The van der Waals surface area contributed by atoms with Crippen LogP contribution >= 0.6 is 11.3 Å². The molecule has 0 aliphatic carbocycles. The second kappa shape index (κ2) is 6.75. The molecule has 0 amide bonds. The van der Waals surface area contributed by atoms with E-state index in [-0.39, 0.29) is 11.7 Å². The van der Waals surface area contributed by atoms with Gasteiger partial charge in [-0.3, -0.25) is 0 Å². The molecule has 2 heterocycles. The van der Waals surface area contributed by atoms with Gasteiger partial charge >= 0.3 is 5.97 Å². The highest BCUT2D eigenvalue weighted by Crippen LogP contribution is 2.39. The Morgan fingerprint density at radius 3 is 2.96 bits per heavy atom. The number of hydrogen-bond donors (Lipinski definition) is 1. The number of aromatic hydroxyl groups is 1. The van der Waals surface area contributed by atoms with Gasteiger partial charge in [0.15, 0.2) is 0 Å². The van der Waals surface area contributed by atoms with Crippen LogP contribution in [0.25, 0.3) is 0 Å². The van der Waals surface area contributed by atoms with Gasteiger partial charge in [-0.1, -0.05) is 6.07 Å². The number of carbonyl (C=O) groups is 1. The normalized spacial score (nSPS) is 14.8. The summed E-state index contributed by atoms with van der Waals surface area (Å²) >= 11 is 1.52. The summed E-state index contributed by atoms with van der Waals surface area (Å²) in [5, 5.41) is 10.6. The average Bonchev–Trinajstić information content (AvgIpc) is 2.90. The summed E-state index contributed by atoms with van der Waals surface area (Å²) in [5.41, 5.74) is 3.22. The van der Waals surface area contributed by atoms with Gasteiger partial charge in [0.05, 0.1) is 12.7 Å². The van der Waals surface area contributed by atoms with E-state index in [1.807, 2.05) is 19.1 Å². The van der Waals surface area contributed by atoms with Crippen molar-refractivity contribution < 1.29 is 14.6 Å². The van der Waals surface area contributed by atoms with Crippen molar-refractivity contribution in [2.75, 3.05) is 20.7 Å². The fourth-order valence-corrected chi connectivity index (χ4v) is 4.07. The van der Waals surface area contributed by atoms with Crippen LogP contribution in [0, 0.1) is 6.92 Å². The van der Waals surface area contributed by atoms with Gasteiger partial charge in [-0.05, 0) is 43.7 Å². The molecule has 1 aromatic carbocycles. The van der Waals surface area contributed by atoms with Gasteiger partial charge in [0.25, 0.3) is 0 Å². The number of nitrogens with zero attached hydrogens (tertiary/aromatic N) is 2. The molecule has 0 radical (unpaired) electrons. The van der Waals surface area contributed by atoms with Crippen LogP contribution in [0.5, 0.6) is 5.75 Å². The molecular weight excluding hydrogens is 324 g/mol. The number of esters is 1. The zero-order chi connectivity index (χ0) is 17.3. The first-order valence-corrected chi connectivity index (χ1v) is 8.56. The van der Waals surface area contributed by atoms with Crippen molar-refractivity contribution >= 4 is 28.5 Å². The van der Waals surface area contributed by atoms with Crippen LogP contribution in [-0.4, -0.2) is 42.9 Å². The standard InChI is InChI=1S/C18H20N2O3S/c1-11-4-5-12(14(21)8-11)9-19-17-16(18(22)23-3)13-6-7-20(2)10-15(13)24-17/h4-5,8-9,21H,6-7,10H2,1-3H3. The van der Waals surface area contributed by atoms with E-state index in [0.29, 0.717) is 16.1 Å². The largest absolute Gasteiger partial charge is 0.507 e. The van der Waals surface area contributed by atoms with Gasteiger partial charge in [-0.25, -0.2) is 9.79 Å². The fourth-order valence-electron chi connectivity index (χ4n) is 2.81. The van der Waals surface area contributed by atoms with Crippen LogP contribution in [0.3, 0.4) is 0 Å². The van der Waals surface area contributed by atoms with Gasteiger partial charge in [0, 0.05) is 29.7 Å². The van der Waals surface area contributed by atoms with E-state index in [1.165, 1.54) is 18.4 Å². The van der Waals surface area contributed by atoms with Crippen molar-refractivity contribution in [2.24, 2.45) is 4.99 Å². The Bertz CT molecular complexity index is 811. The molecule has 0 fully saturated rings. The molecule has 0 spiro atoms. The highest BCUT2D eigenvalue weighted by Gasteiger charge is 2.27. The molecular formula is C18H20N2O3S. The number of phenols is 1. The van der Waals surface area contributed by atoms with Gasteiger partial charge in [0.2, 0.25) is 0 Å². The molecule has 24 heavy (non-hydrogen) atoms. The molecule has 0 saturated carbocycles. The number of thiophene rings is 1. The second-order valence-corrected chi connectivity index (χ2v) is 7.07. The molecule has 1 N–H and O–H groups in total. The summed E-state index contributed by atoms with van der Waals surface area (Å²) in [6, 6.07) is 5.42. The van der Waals surface area contributed by atoms with E-state index in [1.54, 1.807) is 12.3 Å². The minimum Gasteiger partial charge on any atom is -0.507 e. The van der Waals surface area contributed by atoms with Crippen molar-refractivity contribution in [2.45, 2.75) is 19.9 Å². The molecule has 0 bridgehead atoms. The first kappa shape index (κ1) is 16.7. The summed E-state index contributed by atoms with van der Waals surface area (Å²) in [4.78, 5) is 20.1. The van der Waals surface area contributed by atoms with Gasteiger partial charge in [-0.2, -0.15) is 0 Å². The molecule has 1 aliphatic heterocycles. The lowest BCUT2D eigenvalue weighted by atomic mass is 10.0. The molecule has 1 aromatic heterocycles. The second-order valence-electron chi connectivity index (χ2n) is 5.98. The molecule has 3 rings (SSSR count). The van der Waals surface area contributed by atoms with E-state index in [0.717, 1.165) is 35.5 Å². The number of aliphatic imine (C=N–C) groups is 1. The number of hydrogen-bond acceptors (Lipinski definition) is 6. The van der Waals surface area contributed by atoms with E-state index in [2.05, 4.69) is 16.9 Å². The number of fused-ring (bicyclic) bond motifs is 1. The minimum absolute atomic E-state index is 0.180. The molecule has 0 unspecified atom stereocenters. The van der Waals surface area contributed by atoms with E-state index < -0.39 is 0 Å². The number of phenolic OH excluding ortho intramolecular Hbond substituents is 1. The summed E-state index contributed by atoms with van der Waals surface area (Å²) in [6.07, 6.45) is 2.42. The maximum atomic E-state index is 12.2. The van der Waals surface area contributed by atoms with Gasteiger partial charge in [0.1, 0.15) is 10.8 Å². The molecule has 5 nitrogen and oxygen atoms in total. The number of carbonyl (C=O) groups excluding carboxylic acids is 1. The molecule has 0 atom stereocenters. The highest BCUT2D eigenvalue weighted by molar-refractivity contribution is 7.16. The van der Waals surface area contributed by atoms with E-state index in [4.69, 9.17) is 4.74 Å². The number of aryl methyl sites for hydroxylation is 1. The number of methoxy groups -OCH3 is 1. The topological polar surface area (TPSA) is 62.1 Å². The van der Waals surface area contributed by atoms with Crippen molar-refractivity contribution in [3.05, 3.63) is 45.3 Å². The van der Waals surface area contributed by atoms with Crippen molar-refractivity contribution in [1.29, 1.82) is 0 Å². The number of rotatable bonds is 3. The summed E-state index contributed by atoms with van der Waals surface area (Å²) in [7, 11) is 3.45. The first-order valence-electron chi connectivity index (χ1n) is 7.74. The lowest BCUT2D eigenvalue weighted by Gasteiger charge is -2.22. The van der Waals surface area contributed by atoms with Crippen molar-refractivity contribution in [1.82, 2.24) is 4.90 Å². The quantitative estimate of drug-likeness (QED) is 0.685. The Labute approximate surface area is 145 Å². The lowest BCUT2D eigenvalue weighted by molar-refractivity contribution is 0.0600. The van der Waals surface area contributed by atoms with E-state index >= 15 is 0 Å². The smallest absolute Gasteiger partial charge is 0.341 e. The minimum atomic E-state index is -0.350. The summed E-state index contributed by atoms with van der Waals surface area (Å²) in [5.74, 6) is -0.170. The Balaban J connectivity index is 2.00. The Hall–Kier alpha value is -2.18. The lowest BCUT2D eigenvalue weighted by Crippen LogP contribution is -2.26. The van der Waals surface area contributed by atoms with Crippen LogP contribution in [-0.2, 0) is 17.7 Å². The predicted octanol–water partition coefficient (Wildman–Crippen LogP) is 3.29. The highest BCUT2D eigenvalue weighted by atomic mass is 32.1. The van der Waals surface area contributed by atoms with Gasteiger partial charge in [-0.15, -0.1) is 11.3 Å². The number of benzene rings is 1. The zero-order valence-corrected chi connectivity index (χ0v) is 14.8. The third-order valence-corrected chi connectivity index (χ3v) is 5.25. The molecule has 0 saturated heterocycles. The monoisotopic (exact) mass is 344 g/mol. The van der Waals surface area contributed by atoms with Crippen LogP contribution in [0.2, 0.25) is 0 Å². The summed E-state index contributed by atoms with van der Waals surface area (Å²) < 4.78 is 4.95. The Morgan fingerprint density at radius 2 is 2.25 bits per heavy atom. The fraction of sp³-hybridized carbons (Fsp3) is 0.333. The number of ether oxygens (including phenoxy) is 1. The van der Waals surface area contributed by atoms with Gasteiger partial charge < -0.3 is 14.7 Å². The Morgan fingerprint density at radius 1 is 1.46 bits per heavy atom. The average molecular weight is 344 g/mol. The Kier molecular flexibility index (Phi) is 4.69. The zero-order valence-electron chi connectivity index (χ0n) is 14.0. The maximum absolute atomic E-state index is 12.2. The third kappa shape index (κ3) is 3.20. The summed E-state index contributed by atoms with van der Waals surface area (Å²) in [6.45, 7) is 3.64. The van der Waals surface area contributed by atoms with Crippen molar-refractivity contribution in [3.8, 4) is 5.75 Å². The van der Waals surface area contributed by atoms with Crippen LogP contribution in [0.4, 0.5) is 5.00 Å². The van der Waals surface area contributed by atoms with Crippen molar-refractivity contribution in [3.63, 3.8) is 0 Å². The number of likely N-dealkylation sites (N-methyl/N-ethyl adjacent to an activating group) is 1. The van der Waals surface area contributed by atoms with Crippen LogP contribution in [0.1, 0.15) is 31.9 Å². The molecule has 6 heteroatoms. The maximum Gasteiger partial charge on any atom is 0.341 e. The van der Waals surface area contributed by atoms with Crippen LogP contribution in [0.15, 0.2) is 23.2 Å². The van der Waals surface area contributed by atoms with Crippen LogP contribution < -0.4 is 0 Å². The molecule has 1 aliphatic rings. The SMILES string of the molecule is COC(=O)c1c(N=Cc2ccc(C)cc2O)sc2c1CCN(C)C2. The third-order valence-electron chi connectivity index (χ3n) is 4.13. The predicted molar refractivity (Wildman–Crippen MR) is 95.8 cm³/mol. The molecule has 126 valence electrons. The molecule has 2 aromatic rings.